The zero-order valence-electron chi connectivity index (χ0n) is 17.6. The fraction of sp³-hybridized carbons (Fsp3) is 0.391. The van der Waals surface area contributed by atoms with Gasteiger partial charge in [0.1, 0.15) is 0 Å². The number of likely N-dealkylation sites (tertiary alicyclic amines) is 1. The van der Waals surface area contributed by atoms with E-state index in [1.807, 2.05) is 6.92 Å². The van der Waals surface area contributed by atoms with Crippen molar-refractivity contribution in [3.63, 3.8) is 0 Å². The van der Waals surface area contributed by atoms with E-state index in [1.165, 1.54) is 12.1 Å². The molecule has 0 aliphatic carbocycles. The Balaban J connectivity index is 1.63. The van der Waals surface area contributed by atoms with Crippen molar-refractivity contribution in [2.45, 2.75) is 31.9 Å². The van der Waals surface area contributed by atoms with Gasteiger partial charge in [0.25, 0.3) is 5.91 Å². The zero-order chi connectivity index (χ0) is 22.6. The first-order valence-electron chi connectivity index (χ1n) is 10.2. The summed E-state index contributed by atoms with van der Waals surface area (Å²) < 4.78 is 38.3. The minimum Gasteiger partial charge on any atom is -0.339 e. The van der Waals surface area contributed by atoms with E-state index in [-0.39, 0.29) is 24.3 Å². The number of hydrogen-bond donors (Lipinski definition) is 2. The smallest absolute Gasteiger partial charge is 0.339 e. The third-order valence-electron chi connectivity index (χ3n) is 5.59. The summed E-state index contributed by atoms with van der Waals surface area (Å²) in [5.74, 6) is -0.178. The van der Waals surface area contributed by atoms with Crippen molar-refractivity contribution >= 4 is 17.5 Å². The summed E-state index contributed by atoms with van der Waals surface area (Å²) in [5, 5.41) is 5.58. The Morgan fingerprint density at radius 1 is 1.06 bits per heavy atom. The SMILES string of the molecule is CNCC(=O)Nc1cc(C(=O)N2CCC(c3ccc(C(F)(F)F)cc3)CC2)ccc1C. The average molecular weight is 433 g/mol. The summed E-state index contributed by atoms with van der Waals surface area (Å²) in [6.45, 7) is 3.09. The minimum atomic E-state index is -4.34. The van der Waals surface area contributed by atoms with Gasteiger partial charge in [0.05, 0.1) is 12.1 Å². The van der Waals surface area contributed by atoms with Gasteiger partial charge < -0.3 is 15.5 Å². The lowest BCUT2D eigenvalue weighted by atomic mass is 9.88. The van der Waals surface area contributed by atoms with E-state index in [0.29, 0.717) is 37.2 Å². The molecule has 0 aromatic heterocycles. The van der Waals surface area contributed by atoms with Gasteiger partial charge in [-0.2, -0.15) is 13.2 Å². The number of carbonyl (C=O) groups excluding carboxylic acids is 2. The molecule has 0 atom stereocenters. The number of aryl methyl sites for hydroxylation is 1. The molecule has 0 unspecified atom stereocenters. The Kier molecular flexibility index (Phi) is 7.00. The number of rotatable bonds is 5. The Morgan fingerprint density at radius 3 is 2.29 bits per heavy atom. The molecule has 0 saturated carbocycles. The number of likely N-dealkylation sites (N-methyl/N-ethyl adjacent to an activating group) is 1. The highest BCUT2D eigenvalue weighted by Crippen LogP contribution is 2.33. The number of anilines is 1. The molecule has 1 heterocycles. The molecule has 31 heavy (non-hydrogen) atoms. The summed E-state index contributed by atoms with van der Waals surface area (Å²) >= 11 is 0. The predicted octanol–water partition coefficient (Wildman–Crippen LogP) is 4.19. The highest BCUT2D eigenvalue weighted by Gasteiger charge is 2.31. The molecule has 2 N–H and O–H groups in total. The van der Waals surface area contributed by atoms with Gasteiger partial charge in [0, 0.05) is 24.3 Å². The van der Waals surface area contributed by atoms with Gasteiger partial charge in [-0.25, -0.2) is 0 Å². The fourth-order valence-corrected chi connectivity index (χ4v) is 3.79. The maximum atomic E-state index is 12.9. The van der Waals surface area contributed by atoms with Crippen LogP contribution in [0.2, 0.25) is 0 Å². The highest BCUT2D eigenvalue weighted by atomic mass is 19.4. The topological polar surface area (TPSA) is 61.4 Å². The molecule has 0 radical (unpaired) electrons. The van der Waals surface area contributed by atoms with Crippen molar-refractivity contribution < 1.29 is 22.8 Å². The summed E-state index contributed by atoms with van der Waals surface area (Å²) in [6.07, 6.45) is -2.96. The summed E-state index contributed by atoms with van der Waals surface area (Å²) in [7, 11) is 1.68. The molecule has 1 aliphatic heterocycles. The molecule has 3 rings (SSSR count). The molecular weight excluding hydrogens is 407 g/mol. The van der Waals surface area contributed by atoms with Crippen LogP contribution < -0.4 is 10.6 Å². The van der Waals surface area contributed by atoms with Crippen molar-refractivity contribution in [1.82, 2.24) is 10.2 Å². The van der Waals surface area contributed by atoms with E-state index in [1.54, 1.807) is 30.1 Å². The second-order valence-corrected chi connectivity index (χ2v) is 7.79. The monoisotopic (exact) mass is 433 g/mol. The van der Waals surface area contributed by atoms with E-state index >= 15 is 0 Å². The van der Waals surface area contributed by atoms with E-state index in [9.17, 15) is 22.8 Å². The van der Waals surface area contributed by atoms with Gasteiger partial charge in [-0.3, -0.25) is 9.59 Å². The van der Waals surface area contributed by atoms with Gasteiger partial charge in [-0.05, 0) is 68.1 Å². The maximum absolute atomic E-state index is 12.9. The molecule has 0 bridgehead atoms. The van der Waals surface area contributed by atoms with E-state index in [2.05, 4.69) is 10.6 Å². The summed E-state index contributed by atoms with van der Waals surface area (Å²) in [5.41, 5.74) is 2.18. The Labute approximate surface area is 179 Å². The molecule has 2 aromatic rings. The molecule has 166 valence electrons. The van der Waals surface area contributed by atoms with Crippen LogP contribution in [0.25, 0.3) is 0 Å². The molecule has 2 aromatic carbocycles. The molecule has 1 aliphatic rings. The Hall–Kier alpha value is -2.87. The van der Waals surface area contributed by atoms with Crippen molar-refractivity contribution in [3.8, 4) is 0 Å². The number of benzene rings is 2. The van der Waals surface area contributed by atoms with E-state index in [4.69, 9.17) is 0 Å². The average Bonchev–Trinajstić information content (AvgIpc) is 2.74. The second kappa shape index (κ2) is 9.51. The number of alkyl halides is 3. The van der Waals surface area contributed by atoms with Gasteiger partial charge in [-0.1, -0.05) is 18.2 Å². The lowest BCUT2D eigenvalue weighted by molar-refractivity contribution is -0.137. The van der Waals surface area contributed by atoms with E-state index in [0.717, 1.165) is 23.3 Å². The Bertz CT molecular complexity index is 934. The Morgan fingerprint density at radius 2 is 1.71 bits per heavy atom. The highest BCUT2D eigenvalue weighted by molar-refractivity contribution is 5.98. The van der Waals surface area contributed by atoms with Crippen molar-refractivity contribution in [1.29, 1.82) is 0 Å². The molecule has 8 heteroatoms. The normalized spacial score (nSPS) is 15.1. The van der Waals surface area contributed by atoms with Crippen LogP contribution in [0.15, 0.2) is 42.5 Å². The van der Waals surface area contributed by atoms with Crippen LogP contribution >= 0.6 is 0 Å². The first-order chi connectivity index (χ1) is 14.7. The number of nitrogens with zero attached hydrogens (tertiary/aromatic N) is 1. The lowest BCUT2D eigenvalue weighted by Gasteiger charge is -2.32. The largest absolute Gasteiger partial charge is 0.416 e. The van der Waals surface area contributed by atoms with Crippen LogP contribution in [0, 0.1) is 6.92 Å². The first-order valence-corrected chi connectivity index (χ1v) is 10.2. The van der Waals surface area contributed by atoms with Crippen LogP contribution in [0.4, 0.5) is 18.9 Å². The van der Waals surface area contributed by atoms with Crippen LogP contribution in [0.1, 0.15) is 45.8 Å². The third-order valence-corrected chi connectivity index (χ3v) is 5.59. The standard InChI is InChI=1S/C23H26F3N3O2/c1-15-3-4-18(13-20(15)28-21(30)14-27-2)22(31)29-11-9-17(10-12-29)16-5-7-19(8-6-16)23(24,25)26/h3-8,13,17,27H,9-12,14H2,1-2H3,(H,28,30). The van der Waals surface area contributed by atoms with Crippen LogP contribution in [-0.2, 0) is 11.0 Å². The van der Waals surface area contributed by atoms with Gasteiger partial charge in [0.15, 0.2) is 0 Å². The maximum Gasteiger partial charge on any atom is 0.416 e. The number of carbonyl (C=O) groups is 2. The molecule has 1 saturated heterocycles. The van der Waals surface area contributed by atoms with Gasteiger partial charge >= 0.3 is 6.18 Å². The number of amides is 2. The minimum absolute atomic E-state index is 0.116. The van der Waals surface area contributed by atoms with Gasteiger partial charge in [0.2, 0.25) is 5.91 Å². The first kappa shape index (κ1) is 22.8. The molecule has 5 nitrogen and oxygen atoms in total. The molecular formula is C23H26F3N3O2. The summed E-state index contributed by atoms with van der Waals surface area (Å²) in [6, 6.07) is 10.5. The number of hydrogen-bond acceptors (Lipinski definition) is 3. The second-order valence-electron chi connectivity index (χ2n) is 7.79. The van der Waals surface area contributed by atoms with E-state index < -0.39 is 11.7 Å². The number of nitrogens with one attached hydrogen (secondary N) is 2. The lowest BCUT2D eigenvalue weighted by Crippen LogP contribution is -2.38. The van der Waals surface area contributed by atoms with Crippen LogP contribution in [0.5, 0.6) is 0 Å². The number of halogens is 3. The van der Waals surface area contributed by atoms with Crippen molar-refractivity contribution in [2.24, 2.45) is 0 Å². The molecule has 0 spiro atoms. The molecule has 2 amide bonds. The van der Waals surface area contributed by atoms with Crippen molar-refractivity contribution in [2.75, 3.05) is 32.0 Å². The quantitative estimate of drug-likeness (QED) is 0.743. The molecule has 1 fully saturated rings. The van der Waals surface area contributed by atoms with Crippen LogP contribution in [0.3, 0.4) is 0 Å². The van der Waals surface area contributed by atoms with Gasteiger partial charge in [-0.15, -0.1) is 0 Å². The summed E-state index contributed by atoms with van der Waals surface area (Å²) in [4.78, 5) is 26.6. The zero-order valence-corrected chi connectivity index (χ0v) is 17.6. The fourth-order valence-electron chi connectivity index (χ4n) is 3.79. The van der Waals surface area contributed by atoms with Crippen LogP contribution in [-0.4, -0.2) is 43.4 Å². The third kappa shape index (κ3) is 5.64. The predicted molar refractivity (Wildman–Crippen MR) is 113 cm³/mol. The van der Waals surface area contributed by atoms with Crippen molar-refractivity contribution in [3.05, 3.63) is 64.7 Å². The number of piperidine rings is 1.